The first kappa shape index (κ1) is 17.3. The van der Waals surface area contributed by atoms with E-state index in [1.165, 1.54) is 12.0 Å². The van der Waals surface area contributed by atoms with Gasteiger partial charge in [-0.25, -0.2) is 0 Å². The Bertz CT molecular complexity index is 883. The molecule has 0 spiro atoms. The Hall–Kier alpha value is -2.57. The zero-order valence-electron chi connectivity index (χ0n) is 13.6. The van der Waals surface area contributed by atoms with Crippen LogP contribution >= 0.6 is 23.8 Å². The van der Waals surface area contributed by atoms with E-state index in [-0.39, 0.29) is 22.4 Å². The Morgan fingerprint density at radius 2 is 1.92 bits per heavy atom. The second kappa shape index (κ2) is 6.74. The molecular weight excluding hydrogens is 360 g/mol. The van der Waals surface area contributed by atoms with Crippen LogP contribution in [0, 0.1) is 0 Å². The van der Waals surface area contributed by atoms with Crippen molar-refractivity contribution in [3.05, 3.63) is 58.7 Å². The lowest BCUT2D eigenvalue weighted by atomic mass is 10.1. The van der Waals surface area contributed by atoms with E-state index in [2.05, 4.69) is 0 Å². The topological polar surface area (TPSA) is 53.0 Å². The van der Waals surface area contributed by atoms with E-state index in [0.29, 0.717) is 22.1 Å². The number of methoxy groups -OCH3 is 1. The number of carbonyl (C=O) groups excluding carboxylic acids is 1. The summed E-state index contributed by atoms with van der Waals surface area (Å²) in [6, 6.07) is 12.4. The SMILES string of the molecule is COc1cc(/C=C2/C(=O)N(c3ccccc3)C(=S)N2C)cc(Cl)c1O. The molecule has 0 saturated carbocycles. The lowest BCUT2D eigenvalue weighted by molar-refractivity contribution is -0.114. The molecule has 1 heterocycles. The summed E-state index contributed by atoms with van der Waals surface area (Å²) in [7, 11) is 3.16. The van der Waals surface area contributed by atoms with E-state index in [9.17, 15) is 9.90 Å². The lowest BCUT2D eigenvalue weighted by Gasteiger charge is -2.16. The molecule has 1 saturated heterocycles. The van der Waals surface area contributed by atoms with Crippen LogP contribution in [0.4, 0.5) is 5.69 Å². The van der Waals surface area contributed by atoms with Gasteiger partial charge in [0.05, 0.1) is 17.8 Å². The minimum absolute atomic E-state index is 0.140. The first-order valence-electron chi connectivity index (χ1n) is 7.39. The van der Waals surface area contributed by atoms with E-state index in [4.69, 9.17) is 28.6 Å². The molecule has 1 aliphatic rings. The van der Waals surface area contributed by atoms with Crippen LogP contribution in [0.25, 0.3) is 6.08 Å². The standard InChI is InChI=1S/C18H15ClN2O3S/c1-20-14(9-11-8-13(19)16(22)15(10-11)24-2)17(23)21(18(20)25)12-6-4-3-5-7-12/h3-10,22H,1-2H3/b14-9-. The summed E-state index contributed by atoms with van der Waals surface area (Å²) in [6.45, 7) is 0. The number of hydrogen-bond acceptors (Lipinski definition) is 4. The molecular formula is C18H15ClN2O3S. The predicted molar refractivity (Wildman–Crippen MR) is 102 cm³/mol. The fraction of sp³-hybridized carbons (Fsp3) is 0.111. The van der Waals surface area contributed by atoms with Gasteiger partial charge in [0.15, 0.2) is 16.6 Å². The van der Waals surface area contributed by atoms with Crippen molar-refractivity contribution in [3.8, 4) is 11.5 Å². The number of phenolic OH excluding ortho intramolecular Hbond substituents is 1. The van der Waals surface area contributed by atoms with E-state index in [0.717, 1.165) is 0 Å². The molecule has 1 aliphatic heterocycles. The number of thiocarbonyl (C=S) groups is 1. The summed E-state index contributed by atoms with van der Waals surface area (Å²) in [5.74, 6) is -0.143. The van der Waals surface area contributed by atoms with Gasteiger partial charge in [-0.05, 0) is 48.1 Å². The fourth-order valence-corrected chi connectivity index (χ4v) is 3.06. The van der Waals surface area contributed by atoms with Gasteiger partial charge in [0.25, 0.3) is 5.91 Å². The van der Waals surface area contributed by atoms with Crippen LogP contribution in [0.3, 0.4) is 0 Å². The number of ether oxygens (including phenoxy) is 1. The zero-order valence-corrected chi connectivity index (χ0v) is 15.1. The number of likely N-dealkylation sites (N-methyl/N-ethyl adjacent to an activating group) is 1. The summed E-state index contributed by atoms with van der Waals surface area (Å²) in [5.41, 5.74) is 1.72. The first-order valence-corrected chi connectivity index (χ1v) is 8.18. The van der Waals surface area contributed by atoms with Gasteiger partial charge in [0, 0.05) is 7.05 Å². The number of para-hydroxylation sites is 1. The monoisotopic (exact) mass is 374 g/mol. The van der Waals surface area contributed by atoms with Crippen LogP contribution in [0.15, 0.2) is 48.2 Å². The number of rotatable bonds is 3. The lowest BCUT2D eigenvalue weighted by Crippen LogP contribution is -2.30. The Labute approximate surface area is 155 Å². The van der Waals surface area contributed by atoms with E-state index in [1.807, 2.05) is 30.3 Å². The molecule has 3 rings (SSSR count). The number of carbonyl (C=O) groups is 1. The van der Waals surface area contributed by atoms with Crippen molar-refractivity contribution in [2.24, 2.45) is 0 Å². The van der Waals surface area contributed by atoms with Crippen molar-refractivity contribution in [1.29, 1.82) is 0 Å². The highest BCUT2D eigenvalue weighted by Crippen LogP contribution is 2.36. The highest BCUT2D eigenvalue weighted by Gasteiger charge is 2.36. The number of anilines is 1. The summed E-state index contributed by atoms with van der Waals surface area (Å²) < 4.78 is 5.10. The van der Waals surface area contributed by atoms with Gasteiger partial charge in [0.1, 0.15) is 5.70 Å². The van der Waals surface area contributed by atoms with E-state index < -0.39 is 0 Å². The van der Waals surface area contributed by atoms with Gasteiger partial charge in [-0.1, -0.05) is 29.8 Å². The average Bonchev–Trinajstić information content (AvgIpc) is 2.82. The van der Waals surface area contributed by atoms with Crippen molar-refractivity contribution in [3.63, 3.8) is 0 Å². The molecule has 7 heteroatoms. The molecule has 25 heavy (non-hydrogen) atoms. The summed E-state index contributed by atoms with van der Waals surface area (Å²) >= 11 is 11.4. The molecule has 0 aliphatic carbocycles. The maximum Gasteiger partial charge on any atom is 0.281 e. The number of aromatic hydroxyl groups is 1. The van der Waals surface area contributed by atoms with Gasteiger partial charge >= 0.3 is 0 Å². The predicted octanol–water partition coefficient (Wildman–Crippen LogP) is 3.66. The molecule has 2 aromatic carbocycles. The van der Waals surface area contributed by atoms with Crippen LogP contribution < -0.4 is 9.64 Å². The number of phenols is 1. The molecule has 1 N–H and O–H groups in total. The van der Waals surface area contributed by atoms with Gasteiger partial charge in [0.2, 0.25) is 0 Å². The molecule has 1 amide bonds. The fourth-order valence-electron chi connectivity index (χ4n) is 2.55. The Morgan fingerprint density at radius 1 is 1.24 bits per heavy atom. The maximum absolute atomic E-state index is 12.9. The van der Waals surface area contributed by atoms with Crippen molar-refractivity contribution >= 4 is 46.6 Å². The minimum atomic E-state index is -0.234. The Morgan fingerprint density at radius 3 is 2.56 bits per heavy atom. The summed E-state index contributed by atoms with van der Waals surface area (Å²) in [4.78, 5) is 16.0. The molecule has 0 aromatic heterocycles. The largest absolute Gasteiger partial charge is 0.503 e. The van der Waals surface area contributed by atoms with Crippen molar-refractivity contribution in [1.82, 2.24) is 4.90 Å². The van der Waals surface area contributed by atoms with E-state index >= 15 is 0 Å². The molecule has 5 nitrogen and oxygen atoms in total. The van der Waals surface area contributed by atoms with Crippen molar-refractivity contribution < 1.29 is 14.6 Å². The summed E-state index contributed by atoms with van der Waals surface area (Å²) in [5, 5.41) is 10.4. The summed E-state index contributed by atoms with van der Waals surface area (Å²) in [6.07, 6.45) is 1.66. The number of nitrogens with zero attached hydrogens (tertiary/aromatic N) is 2. The third kappa shape index (κ3) is 3.06. The molecule has 2 aromatic rings. The second-order valence-electron chi connectivity index (χ2n) is 5.40. The molecule has 0 atom stereocenters. The van der Waals surface area contributed by atoms with Crippen molar-refractivity contribution in [2.45, 2.75) is 0 Å². The first-order chi connectivity index (χ1) is 11.9. The third-order valence-corrected chi connectivity index (χ3v) is 4.59. The highest BCUT2D eigenvalue weighted by molar-refractivity contribution is 7.80. The number of amides is 1. The van der Waals surface area contributed by atoms with Crippen LogP contribution in [-0.2, 0) is 4.79 Å². The number of hydrogen-bond donors (Lipinski definition) is 1. The number of benzene rings is 2. The third-order valence-electron chi connectivity index (χ3n) is 3.85. The van der Waals surface area contributed by atoms with Gasteiger partial charge in [-0.3, -0.25) is 9.69 Å². The second-order valence-corrected chi connectivity index (χ2v) is 6.17. The van der Waals surface area contributed by atoms with Crippen LogP contribution in [-0.4, -0.2) is 35.2 Å². The molecule has 1 fully saturated rings. The maximum atomic E-state index is 12.9. The minimum Gasteiger partial charge on any atom is -0.503 e. The van der Waals surface area contributed by atoms with Gasteiger partial charge < -0.3 is 14.7 Å². The highest BCUT2D eigenvalue weighted by atomic mass is 35.5. The Kier molecular flexibility index (Phi) is 4.65. The van der Waals surface area contributed by atoms with Crippen LogP contribution in [0.5, 0.6) is 11.5 Å². The molecule has 0 unspecified atom stereocenters. The van der Waals surface area contributed by atoms with Crippen molar-refractivity contribution in [2.75, 3.05) is 19.1 Å². The molecule has 0 bridgehead atoms. The smallest absolute Gasteiger partial charge is 0.281 e. The normalized spacial score (nSPS) is 16.0. The Balaban J connectivity index is 2.03. The van der Waals surface area contributed by atoms with E-state index in [1.54, 1.807) is 30.2 Å². The molecule has 0 radical (unpaired) electrons. The number of halogens is 1. The molecule has 128 valence electrons. The van der Waals surface area contributed by atoms with Gasteiger partial charge in [-0.15, -0.1) is 0 Å². The van der Waals surface area contributed by atoms with Gasteiger partial charge in [-0.2, -0.15) is 0 Å². The van der Waals surface area contributed by atoms with Crippen LogP contribution in [0.1, 0.15) is 5.56 Å². The average molecular weight is 375 g/mol. The quantitative estimate of drug-likeness (QED) is 0.656. The van der Waals surface area contributed by atoms with Crippen LogP contribution in [0.2, 0.25) is 5.02 Å². The zero-order chi connectivity index (χ0) is 18.1.